The summed E-state index contributed by atoms with van der Waals surface area (Å²) in [5.41, 5.74) is 7.03. The Hall–Kier alpha value is -1.34. The predicted octanol–water partition coefficient (Wildman–Crippen LogP) is 4.10. The van der Waals surface area contributed by atoms with Crippen molar-refractivity contribution >= 4 is 46.4 Å². The molecular weight excluding hydrogens is 369 g/mol. The van der Waals surface area contributed by atoms with Crippen LogP contribution in [-0.2, 0) is 4.79 Å². The van der Waals surface area contributed by atoms with Gasteiger partial charge < -0.3 is 15.8 Å². The lowest BCUT2D eigenvalue weighted by atomic mass is 9.98. The molecule has 0 aliphatic heterocycles. The first kappa shape index (κ1) is 19.0. The number of amides is 1. The Morgan fingerprint density at radius 1 is 1.42 bits per heavy atom. The van der Waals surface area contributed by atoms with Gasteiger partial charge in [-0.3, -0.25) is 4.79 Å². The minimum absolute atomic E-state index is 0. The molecule has 1 amide bonds. The molecular formula is C16H19Cl2N3O2S. The quantitative estimate of drug-likeness (QED) is 0.827. The highest BCUT2D eigenvalue weighted by Gasteiger charge is 2.37. The lowest BCUT2D eigenvalue weighted by molar-refractivity contribution is -0.121. The molecule has 2 aromatic rings. The van der Waals surface area contributed by atoms with Crippen molar-refractivity contribution in [2.24, 2.45) is 5.73 Å². The number of halogens is 2. The van der Waals surface area contributed by atoms with Crippen molar-refractivity contribution in [1.82, 2.24) is 4.98 Å². The summed E-state index contributed by atoms with van der Waals surface area (Å²) in [4.78, 5) is 16.8. The van der Waals surface area contributed by atoms with Gasteiger partial charge in [0.25, 0.3) is 0 Å². The van der Waals surface area contributed by atoms with E-state index in [2.05, 4.69) is 10.3 Å². The molecule has 24 heavy (non-hydrogen) atoms. The van der Waals surface area contributed by atoms with E-state index in [1.807, 2.05) is 11.4 Å². The smallest absolute Gasteiger partial charge is 0.246 e. The zero-order chi connectivity index (χ0) is 16.4. The molecule has 5 nitrogen and oxygen atoms in total. The summed E-state index contributed by atoms with van der Waals surface area (Å²) in [7, 11) is 1.57. The molecule has 0 saturated heterocycles. The van der Waals surface area contributed by atoms with Gasteiger partial charge in [-0.05, 0) is 31.0 Å². The zero-order valence-electron chi connectivity index (χ0n) is 13.2. The first-order valence-corrected chi connectivity index (χ1v) is 8.67. The molecule has 0 unspecified atom stereocenters. The number of aromatic nitrogens is 1. The maximum atomic E-state index is 12.3. The van der Waals surface area contributed by atoms with Crippen molar-refractivity contribution < 1.29 is 9.53 Å². The van der Waals surface area contributed by atoms with Crippen LogP contribution < -0.4 is 15.8 Å². The van der Waals surface area contributed by atoms with E-state index < -0.39 is 5.54 Å². The van der Waals surface area contributed by atoms with Crippen LogP contribution in [0.1, 0.15) is 25.7 Å². The molecule has 1 aromatic carbocycles. The number of nitrogens with one attached hydrogen (secondary N) is 1. The average Bonchev–Trinajstić information content (AvgIpc) is 3.17. The third-order valence-electron chi connectivity index (χ3n) is 4.12. The molecule has 0 spiro atoms. The van der Waals surface area contributed by atoms with E-state index in [-0.39, 0.29) is 18.3 Å². The number of nitrogens with zero attached hydrogens (tertiary/aromatic N) is 1. The van der Waals surface area contributed by atoms with Gasteiger partial charge in [0.05, 0.1) is 23.4 Å². The number of nitrogens with two attached hydrogens (primary N) is 1. The first-order valence-electron chi connectivity index (χ1n) is 7.42. The fraction of sp³-hybridized carbons (Fsp3) is 0.375. The van der Waals surface area contributed by atoms with Crippen LogP contribution in [0, 0.1) is 0 Å². The third kappa shape index (κ3) is 3.83. The number of rotatable bonds is 4. The van der Waals surface area contributed by atoms with E-state index in [0.29, 0.717) is 15.9 Å². The highest BCUT2D eigenvalue weighted by Crippen LogP contribution is 2.33. The maximum absolute atomic E-state index is 12.3. The summed E-state index contributed by atoms with van der Waals surface area (Å²) in [5.74, 6) is 0.467. The minimum Gasteiger partial charge on any atom is -0.495 e. The van der Waals surface area contributed by atoms with Crippen molar-refractivity contribution in [3.63, 3.8) is 0 Å². The van der Waals surface area contributed by atoms with Crippen molar-refractivity contribution in [2.45, 2.75) is 31.2 Å². The summed E-state index contributed by atoms with van der Waals surface area (Å²) in [6.45, 7) is 0. The summed E-state index contributed by atoms with van der Waals surface area (Å²) >= 11 is 7.51. The molecule has 1 aliphatic carbocycles. The van der Waals surface area contributed by atoms with Crippen LogP contribution in [-0.4, -0.2) is 23.5 Å². The number of anilines is 1. The fourth-order valence-corrected chi connectivity index (χ4v) is 3.72. The molecule has 0 radical (unpaired) electrons. The summed E-state index contributed by atoms with van der Waals surface area (Å²) in [6.07, 6.45) is 3.45. The van der Waals surface area contributed by atoms with E-state index in [1.165, 1.54) is 11.3 Å². The van der Waals surface area contributed by atoms with Crippen molar-refractivity contribution in [1.29, 1.82) is 0 Å². The lowest BCUT2D eigenvalue weighted by Crippen LogP contribution is -2.48. The van der Waals surface area contributed by atoms with E-state index in [9.17, 15) is 4.79 Å². The van der Waals surface area contributed by atoms with Gasteiger partial charge in [0, 0.05) is 10.9 Å². The zero-order valence-corrected chi connectivity index (χ0v) is 15.6. The maximum Gasteiger partial charge on any atom is 0.246 e. The lowest BCUT2D eigenvalue weighted by Gasteiger charge is -2.21. The van der Waals surface area contributed by atoms with E-state index in [4.69, 9.17) is 22.1 Å². The number of methoxy groups -OCH3 is 1. The second kappa shape index (κ2) is 7.70. The topological polar surface area (TPSA) is 77.2 Å². The molecule has 8 heteroatoms. The molecule has 0 atom stereocenters. The van der Waals surface area contributed by atoms with Crippen LogP contribution in [0.4, 0.5) is 5.13 Å². The standard InChI is InChI=1S/C16H18ClN3O2S.ClH/c1-22-13-5-4-10(8-11(13)17)12-9-23-15(19-12)20-14(21)16(18)6-2-3-7-16;/h4-5,8-9H,2-3,6-7,18H2,1H3,(H,19,20,21);1H. The number of carbonyl (C=O) groups is 1. The predicted molar refractivity (Wildman–Crippen MR) is 100 cm³/mol. The number of ether oxygens (including phenoxy) is 1. The second-order valence-corrected chi connectivity index (χ2v) is 6.97. The summed E-state index contributed by atoms with van der Waals surface area (Å²) < 4.78 is 5.14. The molecule has 0 bridgehead atoms. The highest BCUT2D eigenvalue weighted by molar-refractivity contribution is 7.14. The average molecular weight is 388 g/mol. The van der Waals surface area contributed by atoms with Crippen molar-refractivity contribution in [3.8, 4) is 17.0 Å². The molecule has 1 aromatic heterocycles. The molecule has 1 aliphatic rings. The molecule has 3 N–H and O–H groups in total. The van der Waals surface area contributed by atoms with Gasteiger partial charge in [-0.15, -0.1) is 23.7 Å². The molecule has 3 rings (SSSR count). The van der Waals surface area contributed by atoms with Crippen LogP contribution in [0.3, 0.4) is 0 Å². The monoisotopic (exact) mass is 387 g/mol. The Kier molecular flexibility index (Phi) is 6.09. The van der Waals surface area contributed by atoms with Gasteiger partial charge in [0.1, 0.15) is 5.75 Å². The SMILES string of the molecule is COc1ccc(-c2csc(NC(=O)C3(N)CCCC3)n2)cc1Cl.Cl. The van der Waals surface area contributed by atoms with E-state index in [1.54, 1.807) is 19.2 Å². The van der Waals surface area contributed by atoms with Gasteiger partial charge in [0.15, 0.2) is 5.13 Å². The van der Waals surface area contributed by atoms with Crippen molar-refractivity contribution in [2.75, 3.05) is 12.4 Å². The van der Waals surface area contributed by atoms with Crippen LogP contribution in [0.15, 0.2) is 23.6 Å². The second-order valence-electron chi connectivity index (χ2n) is 5.70. The largest absolute Gasteiger partial charge is 0.495 e. The summed E-state index contributed by atoms with van der Waals surface area (Å²) in [5, 5.41) is 5.79. The number of carbonyl (C=O) groups excluding carboxylic acids is 1. The Morgan fingerprint density at radius 2 is 2.12 bits per heavy atom. The van der Waals surface area contributed by atoms with E-state index >= 15 is 0 Å². The number of thiazole rings is 1. The Morgan fingerprint density at radius 3 is 2.75 bits per heavy atom. The van der Waals surface area contributed by atoms with Gasteiger partial charge in [-0.2, -0.15) is 0 Å². The van der Waals surface area contributed by atoms with Gasteiger partial charge in [0.2, 0.25) is 5.91 Å². The molecule has 1 fully saturated rings. The van der Waals surface area contributed by atoms with Gasteiger partial charge in [-0.25, -0.2) is 4.98 Å². The summed E-state index contributed by atoms with van der Waals surface area (Å²) in [6, 6.07) is 5.47. The minimum atomic E-state index is -0.755. The van der Waals surface area contributed by atoms with Gasteiger partial charge in [-0.1, -0.05) is 24.4 Å². The highest BCUT2D eigenvalue weighted by atomic mass is 35.5. The number of hydrogen-bond donors (Lipinski definition) is 2. The Labute approximate surface area is 156 Å². The third-order valence-corrected chi connectivity index (χ3v) is 5.17. The fourth-order valence-electron chi connectivity index (χ4n) is 2.74. The van der Waals surface area contributed by atoms with Crippen LogP contribution >= 0.6 is 35.3 Å². The van der Waals surface area contributed by atoms with Crippen LogP contribution in [0.25, 0.3) is 11.3 Å². The Balaban J connectivity index is 0.00000208. The molecule has 1 saturated carbocycles. The van der Waals surface area contributed by atoms with Crippen molar-refractivity contribution in [3.05, 3.63) is 28.6 Å². The van der Waals surface area contributed by atoms with E-state index in [0.717, 1.165) is 36.9 Å². The molecule has 130 valence electrons. The number of benzene rings is 1. The van der Waals surface area contributed by atoms with Gasteiger partial charge >= 0.3 is 0 Å². The number of hydrogen-bond acceptors (Lipinski definition) is 5. The first-order chi connectivity index (χ1) is 11.0. The van der Waals surface area contributed by atoms with Crippen LogP contribution in [0.2, 0.25) is 5.02 Å². The normalized spacial score (nSPS) is 15.6. The Bertz CT molecular complexity index is 730. The molecule has 1 heterocycles. The van der Waals surface area contributed by atoms with Crippen LogP contribution in [0.5, 0.6) is 5.75 Å².